The summed E-state index contributed by atoms with van der Waals surface area (Å²) in [6.45, 7) is 5.02. The summed E-state index contributed by atoms with van der Waals surface area (Å²) in [6, 6.07) is 8.21. The molecule has 0 spiro atoms. The van der Waals surface area contributed by atoms with E-state index in [1.54, 1.807) is 0 Å². The van der Waals surface area contributed by atoms with Crippen molar-refractivity contribution in [3.8, 4) is 0 Å². The number of hydrogen-bond acceptors (Lipinski definition) is 2. The number of rotatable bonds is 2. The molecule has 2 nitrogen and oxygen atoms in total. The van der Waals surface area contributed by atoms with Crippen LogP contribution in [0.2, 0.25) is 0 Å². The van der Waals surface area contributed by atoms with E-state index in [2.05, 4.69) is 31.3 Å². The fourth-order valence-corrected chi connectivity index (χ4v) is 1.87. The second kappa shape index (κ2) is 4.12. The van der Waals surface area contributed by atoms with Gasteiger partial charge in [-0.1, -0.05) is 24.3 Å². The Hall–Kier alpha value is -0.570. The third-order valence-corrected chi connectivity index (χ3v) is 2.88. The summed E-state index contributed by atoms with van der Waals surface area (Å²) in [5.41, 5.74) is 2.36. The highest BCUT2D eigenvalue weighted by Crippen LogP contribution is 2.25. The summed E-state index contributed by atoms with van der Waals surface area (Å²) in [4.78, 5) is 0. The lowest BCUT2D eigenvalue weighted by Crippen LogP contribution is -2.35. The lowest BCUT2D eigenvalue weighted by Gasteiger charge is -2.17. The van der Waals surface area contributed by atoms with Gasteiger partial charge in [0.05, 0.1) is 6.61 Å². The molecule has 1 aliphatic heterocycles. The van der Waals surface area contributed by atoms with Crippen molar-refractivity contribution in [2.75, 3.05) is 6.61 Å². The molecule has 3 heteroatoms. The Morgan fingerprint density at radius 3 is 2.53 bits per heavy atom. The van der Waals surface area contributed by atoms with Crippen molar-refractivity contribution < 1.29 is 4.74 Å². The van der Waals surface area contributed by atoms with Crippen molar-refractivity contribution in [1.82, 2.24) is 5.32 Å². The maximum Gasteiger partial charge on any atom is 0.134 e. The van der Waals surface area contributed by atoms with Gasteiger partial charge in [-0.3, -0.25) is 5.32 Å². The van der Waals surface area contributed by atoms with Gasteiger partial charge < -0.3 is 4.74 Å². The van der Waals surface area contributed by atoms with E-state index in [1.807, 2.05) is 12.1 Å². The zero-order valence-electron chi connectivity index (χ0n) is 9.09. The summed E-state index contributed by atoms with van der Waals surface area (Å²) in [5, 5.41) is 3.43. The van der Waals surface area contributed by atoms with Crippen LogP contribution in [0.4, 0.5) is 0 Å². The fourth-order valence-electron chi connectivity index (χ4n) is 1.69. The Morgan fingerprint density at radius 1 is 1.40 bits per heavy atom. The molecule has 0 amide bonds. The second-order valence-electron chi connectivity index (χ2n) is 4.59. The van der Waals surface area contributed by atoms with Crippen LogP contribution in [0, 0.1) is 0 Å². The maximum absolute atomic E-state index is 5.74. The number of alkyl halides is 1. The van der Waals surface area contributed by atoms with E-state index in [0.717, 1.165) is 17.7 Å². The molecule has 1 unspecified atom stereocenters. The Labute approximate surface area is 95.6 Å². The summed E-state index contributed by atoms with van der Waals surface area (Å²) in [6.07, 6.45) is 0.0179. The Balaban J connectivity index is 2.11. The van der Waals surface area contributed by atoms with Gasteiger partial charge in [-0.15, -0.1) is 11.6 Å². The molecule has 2 rings (SSSR count). The summed E-state index contributed by atoms with van der Waals surface area (Å²) in [7, 11) is 0. The van der Waals surface area contributed by atoms with E-state index in [4.69, 9.17) is 16.3 Å². The third-order valence-electron chi connectivity index (χ3n) is 2.57. The fraction of sp³-hybridized carbons (Fsp3) is 0.500. The molecular formula is C12H16ClNO. The lowest BCUT2D eigenvalue weighted by molar-refractivity contribution is 0.0989. The van der Waals surface area contributed by atoms with Gasteiger partial charge in [0.25, 0.3) is 0 Å². The highest BCUT2D eigenvalue weighted by molar-refractivity contribution is 6.17. The lowest BCUT2D eigenvalue weighted by atomic mass is 10.1. The van der Waals surface area contributed by atoms with E-state index in [9.17, 15) is 0 Å². The predicted molar refractivity (Wildman–Crippen MR) is 61.9 cm³/mol. The molecule has 1 fully saturated rings. The molecule has 0 bridgehead atoms. The number of nitrogens with one attached hydrogen (secondary N) is 1. The second-order valence-corrected chi connectivity index (χ2v) is 4.86. The van der Waals surface area contributed by atoms with Crippen molar-refractivity contribution >= 4 is 11.6 Å². The first-order valence-corrected chi connectivity index (χ1v) is 5.68. The SMILES string of the molecule is CC1(C)COC(c2ccc(CCl)cc2)N1. The Bertz CT molecular complexity index is 334. The van der Waals surface area contributed by atoms with Crippen LogP contribution < -0.4 is 5.32 Å². The van der Waals surface area contributed by atoms with Gasteiger partial charge in [0.15, 0.2) is 0 Å². The molecule has 0 aliphatic carbocycles. The highest BCUT2D eigenvalue weighted by atomic mass is 35.5. The Kier molecular flexibility index (Phi) is 3.01. The highest BCUT2D eigenvalue weighted by Gasteiger charge is 2.31. The minimum absolute atomic E-state index is 0.0179. The molecule has 15 heavy (non-hydrogen) atoms. The van der Waals surface area contributed by atoms with E-state index < -0.39 is 0 Å². The van der Waals surface area contributed by atoms with Gasteiger partial charge in [-0.2, -0.15) is 0 Å². The number of ether oxygens (including phenoxy) is 1. The Morgan fingerprint density at radius 2 is 2.07 bits per heavy atom. The van der Waals surface area contributed by atoms with E-state index in [-0.39, 0.29) is 11.8 Å². The zero-order chi connectivity index (χ0) is 10.9. The quantitative estimate of drug-likeness (QED) is 0.782. The van der Waals surface area contributed by atoms with Gasteiger partial charge in [0.2, 0.25) is 0 Å². The molecule has 1 N–H and O–H groups in total. The van der Waals surface area contributed by atoms with Crippen LogP contribution in [-0.2, 0) is 10.6 Å². The van der Waals surface area contributed by atoms with Gasteiger partial charge >= 0.3 is 0 Å². The molecule has 1 aromatic carbocycles. The van der Waals surface area contributed by atoms with Crippen LogP contribution in [0.3, 0.4) is 0 Å². The minimum Gasteiger partial charge on any atom is -0.357 e. The van der Waals surface area contributed by atoms with Crippen LogP contribution in [-0.4, -0.2) is 12.1 Å². The average molecular weight is 226 g/mol. The minimum atomic E-state index is 0.0179. The largest absolute Gasteiger partial charge is 0.357 e. The van der Waals surface area contributed by atoms with Crippen molar-refractivity contribution in [2.45, 2.75) is 31.5 Å². The summed E-state index contributed by atoms with van der Waals surface area (Å²) >= 11 is 5.74. The molecule has 0 radical (unpaired) electrons. The third kappa shape index (κ3) is 2.51. The predicted octanol–water partition coefficient (Wildman–Crippen LogP) is 2.82. The van der Waals surface area contributed by atoms with Crippen LogP contribution in [0.15, 0.2) is 24.3 Å². The number of halogens is 1. The van der Waals surface area contributed by atoms with Gasteiger partial charge in [0.1, 0.15) is 6.23 Å². The van der Waals surface area contributed by atoms with Crippen LogP contribution in [0.25, 0.3) is 0 Å². The van der Waals surface area contributed by atoms with Gasteiger partial charge in [-0.25, -0.2) is 0 Å². The number of hydrogen-bond donors (Lipinski definition) is 1. The first-order chi connectivity index (χ1) is 7.11. The molecule has 0 saturated carbocycles. The molecule has 0 aromatic heterocycles. The summed E-state index contributed by atoms with van der Waals surface area (Å²) < 4.78 is 5.68. The maximum atomic E-state index is 5.74. The van der Waals surface area contributed by atoms with Crippen LogP contribution in [0.5, 0.6) is 0 Å². The monoisotopic (exact) mass is 225 g/mol. The van der Waals surface area contributed by atoms with Gasteiger partial charge in [-0.05, 0) is 25.0 Å². The smallest absolute Gasteiger partial charge is 0.134 e. The van der Waals surface area contributed by atoms with Crippen molar-refractivity contribution in [2.24, 2.45) is 0 Å². The van der Waals surface area contributed by atoms with Crippen molar-refractivity contribution in [1.29, 1.82) is 0 Å². The van der Waals surface area contributed by atoms with Crippen LogP contribution >= 0.6 is 11.6 Å². The molecular weight excluding hydrogens is 210 g/mol. The number of benzene rings is 1. The van der Waals surface area contributed by atoms with Gasteiger partial charge in [0, 0.05) is 11.4 Å². The molecule has 1 aromatic rings. The first kappa shape index (κ1) is 10.9. The van der Waals surface area contributed by atoms with Crippen LogP contribution in [0.1, 0.15) is 31.2 Å². The summed E-state index contributed by atoms with van der Waals surface area (Å²) in [5.74, 6) is 0.560. The van der Waals surface area contributed by atoms with E-state index in [1.165, 1.54) is 0 Å². The van der Waals surface area contributed by atoms with E-state index >= 15 is 0 Å². The van der Waals surface area contributed by atoms with Crippen molar-refractivity contribution in [3.05, 3.63) is 35.4 Å². The molecule has 82 valence electrons. The topological polar surface area (TPSA) is 21.3 Å². The molecule has 1 saturated heterocycles. The first-order valence-electron chi connectivity index (χ1n) is 5.15. The molecule has 1 atom stereocenters. The molecule has 1 heterocycles. The zero-order valence-corrected chi connectivity index (χ0v) is 9.84. The van der Waals surface area contributed by atoms with Crippen molar-refractivity contribution in [3.63, 3.8) is 0 Å². The average Bonchev–Trinajstić information content (AvgIpc) is 2.59. The standard InChI is InChI=1S/C12H16ClNO/c1-12(2)8-15-11(14-12)10-5-3-9(7-13)4-6-10/h3-6,11,14H,7-8H2,1-2H3. The molecule has 1 aliphatic rings. The van der Waals surface area contributed by atoms with E-state index in [0.29, 0.717) is 5.88 Å². The normalized spacial score (nSPS) is 24.3.